The summed E-state index contributed by atoms with van der Waals surface area (Å²) in [6.07, 6.45) is 7.13. The van der Waals surface area contributed by atoms with Crippen LogP contribution in [0.25, 0.3) is 0 Å². The molecule has 3 rings (SSSR count). The summed E-state index contributed by atoms with van der Waals surface area (Å²) in [5, 5.41) is 12.9. The predicted octanol–water partition coefficient (Wildman–Crippen LogP) is 1.92. The molecule has 4 N–H and O–H groups in total. The maximum Gasteiger partial charge on any atom is 0.320 e. The van der Waals surface area contributed by atoms with Gasteiger partial charge in [-0.25, -0.2) is 5.06 Å². The van der Waals surface area contributed by atoms with Crippen LogP contribution in [-0.2, 0) is 14.4 Å². The number of anilines is 2. The number of carbonyl (C=O) groups is 3. The number of likely N-dealkylation sites (tertiary alicyclic amines) is 1. The van der Waals surface area contributed by atoms with Gasteiger partial charge in [-0.15, -0.1) is 0 Å². The van der Waals surface area contributed by atoms with Crippen LogP contribution in [0.4, 0.5) is 16.0 Å². The minimum Gasteiger partial charge on any atom is -0.467 e. The highest BCUT2D eigenvalue weighted by Crippen LogP contribution is 2.31. The summed E-state index contributed by atoms with van der Waals surface area (Å²) in [5.74, 6) is -2.53. The van der Waals surface area contributed by atoms with Crippen LogP contribution in [0.15, 0.2) is 0 Å². The molecular weight excluding hydrogens is 473 g/mol. The molecular formula is C23H36FN7O5. The number of ether oxygens (including phenoxy) is 1. The Kier molecular flexibility index (Phi) is 10.0. The van der Waals surface area contributed by atoms with E-state index in [4.69, 9.17) is 4.74 Å². The van der Waals surface area contributed by atoms with Crippen molar-refractivity contribution in [2.75, 3.05) is 37.5 Å². The normalized spacial score (nSPS) is 17.4. The van der Waals surface area contributed by atoms with Gasteiger partial charge in [-0.05, 0) is 31.6 Å². The first-order valence-electron chi connectivity index (χ1n) is 12.5. The number of aromatic nitrogens is 2. The maximum atomic E-state index is 15.3. The first-order chi connectivity index (χ1) is 17.4. The Morgan fingerprint density at radius 1 is 1.22 bits per heavy atom. The number of halogens is 1. The van der Waals surface area contributed by atoms with Crippen LogP contribution in [0.1, 0.15) is 58.3 Å². The van der Waals surface area contributed by atoms with E-state index in [0.717, 1.165) is 38.5 Å². The molecule has 1 aromatic heterocycles. The van der Waals surface area contributed by atoms with Gasteiger partial charge in [0.2, 0.25) is 24.0 Å². The number of hydrazine groups is 1. The number of nitrogens with one attached hydrogen (secondary N) is 3. The lowest BCUT2D eigenvalue weighted by atomic mass is 9.92. The fourth-order valence-electron chi connectivity index (χ4n) is 4.76. The molecule has 0 unspecified atom stereocenters. The quantitative estimate of drug-likeness (QED) is 0.178. The van der Waals surface area contributed by atoms with Crippen LogP contribution >= 0.6 is 0 Å². The van der Waals surface area contributed by atoms with E-state index >= 15 is 4.39 Å². The molecule has 1 aromatic rings. The van der Waals surface area contributed by atoms with E-state index in [1.165, 1.54) is 7.11 Å². The zero-order valence-corrected chi connectivity index (χ0v) is 20.8. The van der Waals surface area contributed by atoms with E-state index < -0.39 is 23.7 Å². The third kappa shape index (κ3) is 7.15. The summed E-state index contributed by atoms with van der Waals surface area (Å²) in [7, 11) is 1.32. The Morgan fingerprint density at radius 2 is 1.89 bits per heavy atom. The molecule has 200 valence electrons. The molecule has 1 saturated carbocycles. The number of nitrogens with zero attached hydrogens (tertiary/aromatic N) is 4. The van der Waals surface area contributed by atoms with Gasteiger partial charge in [0.15, 0.2) is 11.6 Å². The number of methoxy groups -OCH3 is 1. The fraction of sp³-hybridized carbons (Fsp3) is 0.696. The molecule has 1 aliphatic heterocycles. The Labute approximate surface area is 209 Å². The highest BCUT2D eigenvalue weighted by atomic mass is 19.1. The second-order valence-electron chi connectivity index (χ2n) is 9.28. The van der Waals surface area contributed by atoms with Crippen molar-refractivity contribution in [3.8, 4) is 6.01 Å². The van der Waals surface area contributed by atoms with Crippen molar-refractivity contribution in [1.29, 1.82) is 0 Å². The molecule has 0 spiro atoms. The van der Waals surface area contributed by atoms with Crippen LogP contribution in [-0.4, -0.2) is 76.1 Å². The van der Waals surface area contributed by atoms with Crippen LogP contribution in [0, 0.1) is 17.7 Å². The molecule has 2 aliphatic rings. The minimum atomic E-state index is -0.896. The number of rotatable bonds is 13. The van der Waals surface area contributed by atoms with Gasteiger partial charge < -0.3 is 15.0 Å². The largest absolute Gasteiger partial charge is 0.467 e. The smallest absolute Gasteiger partial charge is 0.320 e. The molecule has 13 heteroatoms. The highest BCUT2D eigenvalue weighted by Gasteiger charge is 2.29. The summed E-state index contributed by atoms with van der Waals surface area (Å²) in [6, 6.07) is -0.849. The number of hydrogen-bond donors (Lipinski definition) is 4. The van der Waals surface area contributed by atoms with E-state index in [2.05, 4.69) is 26.1 Å². The van der Waals surface area contributed by atoms with E-state index in [1.807, 2.05) is 6.92 Å². The first kappa shape index (κ1) is 27.4. The summed E-state index contributed by atoms with van der Waals surface area (Å²) in [6.45, 7) is 2.97. The van der Waals surface area contributed by atoms with Gasteiger partial charge >= 0.3 is 6.01 Å². The fourth-order valence-corrected chi connectivity index (χ4v) is 4.76. The van der Waals surface area contributed by atoms with Gasteiger partial charge in [0.25, 0.3) is 0 Å². The van der Waals surface area contributed by atoms with Crippen LogP contribution in [0.5, 0.6) is 6.01 Å². The molecule has 0 aromatic carbocycles. The lowest BCUT2D eigenvalue weighted by Crippen LogP contribution is -2.42. The number of amides is 3. The first-order valence-corrected chi connectivity index (χ1v) is 12.5. The maximum absolute atomic E-state index is 15.3. The van der Waals surface area contributed by atoms with Crippen molar-refractivity contribution in [3.05, 3.63) is 5.82 Å². The molecule has 1 saturated heterocycles. The number of hydroxylamine groups is 2. The van der Waals surface area contributed by atoms with Crippen molar-refractivity contribution in [2.24, 2.45) is 11.8 Å². The topological polar surface area (TPSA) is 149 Å². The van der Waals surface area contributed by atoms with Crippen molar-refractivity contribution in [2.45, 2.75) is 64.3 Å². The van der Waals surface area contributed by atoms with E-state index in [9.17, 15) is 19.6 Å². The summed E-state index contributed by atoms with van der Waals surface area (Å²) < 4.78 is 20.4. The zero-order chi connectivity index (χ0) is 26.1. The monoisotopic (exact) mass is 509 g/mol. The number of carbonyl (C=O) groups excluding carboxylic acids is 3. The minimum absolute atomic E-state index is 0.131. The Bertz CT molecular complexity index is 909. The van der Waals surface area contributed by atoms with Crippen molar-refractivity contribution in [1.82, 2.24) is 25.4 Å². The molecule has 2 heterocycles. The van der Waals surface area contributed by atoms with Crippen molar-refractivity contribution < 1.29 is 28.7 Å². The van der Waals surface area contributed by atoms with E-state index in [0.29, 0.717) is 36.9 Å². The van der Waals surface area contributed by atoms with Crippen molar-refractivity contribution >= 4 is 29.9 Å². The molecule has 2 fully saturated rings. The molecule has 2 atom stereocenters. The molecule has 0 radical (unpaired) electrons. The lowest BCUT2D eigenvalue weighted by molar-refractivity contribution is -0.154. The average molecular weight is 510 g/mol. The SMILES string of the molecule is CC[C@H](Nc1nc(OC)nc(NNC(=O)[C@H](CC2CCCC2)CN(O)C=O)c1F)C(=O)N1CCCC1. The average Bonchev–Trinajstić information content (AvgIpc) is 3.61. The van der Waals surface area contributed by atoms with Gasteiger partial charge in [-0.2, -0.15) is 14.4 Å². The molecule has 3 amide bonds. The van der Waals surface area contributed by atoms with Gasteiger partial charge in [0.05, 0.1) is 19.6 Å². The van der Waals surface area contributed by atoms with Gasteiger partial charge in [0.1, 0.15) is 6.04 Å². The van der Waals surface area contributed by atoms with Crippen molar-refractivity contribution in [3.63, 3.8) is 0 Å². The zero-order valence-electron chi connectivity index (χ0n) is 20.8. The molecule has 12 nitrogen and oxygen atoms in total. The highest BCUT2D eigenvalue weighted by molar-refractivity contribution is 5.85. The van der Waals surface area contributed by atoms with E-state index in [1.54, 1.807) is 4.90 Å². The van der Waals surface area contributed by atoms with Gasteiger partial charge in [-0.1, -0.05) is 32.6 Å². The standard InChI is InChI=1S/C23H36FN7O5/c1-3-17(22(34)30-10-6-7-11-30)25-19-18(24)20(27-23(26-19)36-2)28-29-21(33)16(13-31(35)14-32)12-15-8-4-5-9-15/h14-17,35H,3-13H2,1-2H3,(H,29,33)(H2,25,26,27,28)/t16-,17+/m1/s1. The Morgan fingerprint density at radius 3 is 2.50 bits per heavy atom. The molecule has 0 bridgehead atoms. The van der Waals surface area contributed by atoms with E-state index in [-0.39, 0.29) is 36.5 Å². The summed E-state index contributed by atoms with van der Waals surface area (Å²) in [5.41, 5.74) is 4.90. The summed E-state index contributed by atoms with van der Waals surface area (Å²) in [4.78, 5) is 46.3. The third-order valence-electron chi connectivity index (χ3n) is 6.74. The van der Waals surface area contributed by atoms with Gasteiger partial charge in [-0.3, -0.25) is 30.4 Å². The van der Waals surface area contributed by atoms with Crippen LogP contribution in [0.3, 0.4) is 0 Å². The number of hydrogen-bond acceptors (Lipinski definition) is 9. The van der Waals surface area contributed by atoms with Gasteiger partial charge in [0, 0.05) is 13.1 Å². The second-order valence-corrected chi connectivity index (χ2v) is 9.28. The lowest BCUT2D eigenvalue weighted by Gasteiger charge is -2.24. The van der Waals surface area contributed by atoms with Crippen LogP contribution < -0.4 is 20.9 Å². The van der Waals surface area contributed by atoms with Crippen LogP contribution in [0.2, 0.25) is 0 Å². The third-order valence-corrected chi connectivity index (χ3v) is 6.74. The molecule has 36 heavy (non-hydrogen) atoms. The second kappa shape index (κ2) is 13.2. The Balaban J connectivity index is 1.71. The summed E-state index contributed by atoms with van der Waals surface area (Å²) >= 11 is 0. The molecule has 1 aliphatic carbocycles. The Hall–Kier alpha value is -3.22. The predicted molar refractivity (Wildman–Crippen MR) is 128 cm³/mol.